The lowest BCUT2D eigenvalue weighted by Gasteiger charge is -2.44. The van der Waals surface area contributed by atoms with Crippen LogP contribution in [0.3, 0.4) is 0 Å². The standard InChI is InChI=1S/C42H74O4Si2.CH3NO2/c1-18-19-24-32(3)38(43)36(7)40(46-48(16,17)42(11,12)13)35(6)30-31(2)29-34(5)39(45-47(14,15)41(8,9)10)33(4)25-23-28-44-37-26-21-20-22-27-37;2-1(3)4/h18-27,29,32-36,38-40,43H,1,28,30H2,2-17H3;2H2,(H,3,4)/t32-,33-,34-,35-,36+,38-,39-,40+;/m0./s1. The number of carbonyl (C=O) groups is 1. The van der Waals surface area contributed by atoms with Crippen LogP contribution in [0.25, 0.3) is 0 Å². The highest BCUT2D eigenvalue weighted by Crippen LogP contribution is 2.42. The van der Waals surface area contributed by atoms with Gasteiger partial charge in [-0.15, -0.1) is 0 Å². The Balaban J connectivity index is 0.00000615. The van der Waals surface area contributed by atoms with E-state index in [1.54, 1.807) is 6.08 Å². The van der Waals surface area contributed by atoms with Gasteiger partial charge in [0.15, 0.2) is 16.6 Å². The number of aliphatic hydroxyl groups is 1. The van der Waals surface area contributed by atoms with E-state index in [4.69, 9.17) is 23.5 Å². The number of ether oxygens (including phenoxy) is 1. The zero-order valence-electron chi connectivity index (χ0n) is 35.7. The molecule has 0 aliphatic carbocycles. The molecule has 298 valence electrons. The second-order valence-electron chi connectivity index (χ2n) is 17.8. The smallest absolute Gasteiger partial charge is 0.402 e. The summed E-state index contributed by atoms with van der Waals surface area (Å²) < 4.78 is 20.3. The van der Waals surface area contributed by atoms with Crippen LogP contribution in [0, 0.1) is 29.6 Å². The minimum Gasteiger partial charge on any atom is -0.490 e. The second kappa shape index (κ2) is 22.1. The lowest BCUT2D eigenvalue weighted by Crippen LogP contribution is -2.49. The Morgan fingerprint density at radius 2 is 1.33 bits per heavy atom. The van der Waals surface area contributed by atoms with E-state index in [0.29, 0.717) is 6.61 Å². The van der Waals surface area contributed by atoms with Crippen LogP contribution in [0.4, 0.5) is 4.79 Å². The van der Waals surface area contributed by atoms with Gasteiger partial charge in [-0.05, 0) is 79.5 Å². The summed E-state index contributed by atoms with van der Waals surface area (Å²) in [6, 6.07) is 9.96. The number of primary amides is 1. The minimum atomic E-state index is -2.10. The second-order valence-corrected chi connectivity index (χ2v) is 27.3. The third kappa shape index (κ3) is 17.6. The summed E-state index contributed by atoms with van der Waals surface area (Å²) in [7, 11) is -4.13. The molecular weight excluding hydrogens is 683 g/mol. The van der Waals surface area contributed by atoms with Crippen molar-refractivity contribution in [2.45, 2.75) is 144 Å². The number of hydrogen-bond acceptors (Lipinski definition) is 5. The molecule has 9 heteroatoms. The topological polar surface area (TPSA) is 111 Å². The fourth-order valence-electron chi connectivity index (χ4n) is 5.79. The van der Waals surface area contributed by atoms with Gasteiger partial charge < -0.3 is 29.5 Å². The van der Waals surface area contributed by atoms with Crippen molar-refractivity contribution in [3.8, 4) is 5.75 Å². The third-order valence-corrected chi connectivity index (χ3v) is 19.9. The zero-order valence-corrected chi connectivity index (χ0v) is 37.7. The highest BCUT2D eigenvalue weighted by Gasteiger charge is 2.43. The SMILES string of the molecule is C=CC=C[C@H](C)[C@H](O)[C@@H](C)[C@H](O[Si](C)(C)C(C)(C)C)[C@@H](C)CC(C)=C[C@H](C)[C@@H](O[Si](C)(C)C(C)(C)C)[C@@H](C)C=CCOc1ccccc1.NC(=O)O. The van der Waals surface area contributed by atoms with E-state index in [2.05, 4.69) is 140 Å². The average Bonchev–Trinajstić information content (AvgIpc) is 3.01. The summed E-state index contributed by atoms with van der Waals surface area (Å²) in [6.45, 7) is 40.8. The lowest BCUT2D eigenvalue weighted by molar-refractivity contribution is -0.0133. The number of rotatable bonds is 19. The highest BCUT2D eigenvalue weighted by atomic mass is 28.4. The molecule has 0 unspecified atom stereocenters. The number of hydrogen-bond donors (Lipinski definition) is 3. The predicted octanol–water partition coefficient (Wildman–Crippen LogP) is 11.6. The average molecular weight is 760 g/mol. The highest BCUT2D eigenvalue weighted by molar-refractivity contribution is 6.74. The summed E-state index contributed by atoms with van der Waals surface area (Å²) >= 11 is 0. The van der Waals surface area contributed by atoms with Gasteiger partial charge in [0.25, 0.3) is 0 Å². The van der Waals surface area contributed by atoms with Gasteiger partial charge in [-0.25, -0.2) is 4.79 Å². The van der Waals surface area contributed by atoms with Crippen molar-refractivity contribution in [1.29, 1.82) is 0 Å². The van der Waals surface area contributed by atoms with Crippen molar-refractivity contribution in [2.75, 3.05) is 6.61 Å². The molecule has 0 heterocycles. The van der Waals surface area contributed by atoms with Crippen LogP contribution in [-0.4, -0.2) is 57.9 Å². The normalized spacial score (nSPS) is 18.1. The Morgan fingerprint density at radius 3 is 1.79 bits per heavy atom. The van der Waals surface area contributed by atoms with Crippen molar-refractivity contribution < 1.29 is 28.6 Å². The van der Waals surface area contributed by atoms with Crippen molar-refractivity contribution in [3.63, 3.8) is 0 Å². The maximum atomic E-state index is 11.5. The number of amides is 1. The largest absolute Gasteiger partial charge is 0.490 e. The number of benzene rings is 1. The third-order valence-electron chi connectivity index (χ3n) is 10.9. The fraction of sp³-hybridized carbons (Fsp3) is 0.651. The van der Waals surface area contributed by atoms with Gasteiger partial charge in [0.05, 0.1) is 18.3 Å². The van der Waals surface area contributed by atoms with Crippen molar-refractivity contribution in [1.82, 2.24) is 0 Å². The number of aliphatic hydroxyl groups excluding tert-OH is 1. The summed E-state index contributed by atoms with van der Waals surface area (Å²) in [5.41, 5.74) is 5.37. The van der Waals surface area contributed by atoms with Gasteiger partial charge in [-0.3, -0.25) is 0 Å². The van der Waals surface area contributed by atoms with Crippen molar-refractivity contribution in [3.05, 3.63) is 78.9 Å². The molecule has 0 bridgehead atoms. The number of allylic oxidation sites excluding steroid dienone is 3. The van der Waals surface area contributed by atoms with Gasteiger partial charge in [0, 0.05) is 11.8 Å². The lowest BCUT2D eigenvalue weighted by atomic mass is 9.81. The summed E-state index contributed by atoms with van der Waals surface area (Å²) in [5, 5.41) is 18.9. The van der Waals surface area contributed by atoms with Gasteiger partial charge in [0.2, 0.25) is 0 Å². The van der Waals surface area contributed by atoms with Crippen LogP contribution in [0.15, 0.2) is 78.9 Å². The Labute approximate surface area is 321 Å². The van der Waals surface area contributed by atoms with Gasteiger partial charge in [-0.2, -0.15) is 0 Å². The Bertz CT molecular complexity index is 1270. The van der Waals surface area contributed by atoms with Gasteiger partial charge in [0.1, 0.15) is 12.4 Å². The van der Waals surface area contributed by atoms with Gasteiger partial charge >= 0.3 is 6.09 Å². The van der Waals surface area contributed by atoms with E-state index in [9.17, 15) is 5.11 Å². The van der Waals surface area contributed by atoms with Crippen LogP contribution in [-0.2, 0) is 8.85 Å². The molecule has 1 aromatic rings. The molecule has 0 radical (unpaired) electrons. The quantitative estimate of drug-likeness (QED) is 0.0736. The first-order valence-corrected chi connectivity index (χ1v) is 24.8. The van der Waals surface area contributed by atoms with E-state index in [-0.39, 0.29) is 51.9 Å². The summed E-state index contributed by atoms with van der Waals surface area (Å²) in [6.07, 6.45) is 11.6. The first-order chi connectivity index (χ1) is 23.7. The van der Waals surface area contributed by atoms with Crippen molar-refractivity contribution in [2.24, 2.45) is 35.3 Å². The molecule has 1 aromatic carbocycles. The molecule has 0 saturated heterocycles. The van der Waals surface area contributed by atoms with E-state index >= 15 is 0 Å². The fourth-order valence-corrected chi connectivity index (χ4v) is 8.73. The molecule has 0 fully saturated rings. The molecular formula is C43H77NO6Si2. The molecule has 52 heavy (non-hydrogen) atoms. The molecule has 0 spiro atoms. The van der Waals surface area contributed by atoms with E-state index in [0.717, 1.165) is 12.2 Å². The first kappa shape index (κ1) is 49.6. The molecule has 0 aliphatic rings. The number of para-hydroxylation sites is 1. The van der Waals surface area contributed by atoms with Crippen LogP contribution in [0.5, 0.6) is 5.75 Å². The van der Waals surface area contributed by atoms with Crippen LogP contribution in [0.1, 0.15) is 89.5 Å². The van der Waals surface area contributed by atoms with Crippen LogP contribution in [0.2, 0.25) is 36.3 Å². The summed E-state index contributed by atoms with van der Waals surface area (Å²) in [5.74, 6) is 1.52. The van der Waals surface area contributed by atoms with Crippen molar-refractivity contribution >= 4 is 22.7 Å². The van der Waals surface area contributed by atoms with E-state index < -0.39 is 28.8 Å². The molecule has 0 saturated carbocycles. The van der Waals surface area contributed by atoms with Gasteiger partial charge in [-0.1, -0.05) is 143 Å². The molecule has 0 aromatic heterocycles. The zero-order chi connectivity index (χ0) is 40.7. The molecule has 1 amide bonds. The Morgan fingerprint density at radius 1 is 0.846 bits per heavy atom. The molecule has 4 N–H and O–H groups in total. The first-order valence-electron chi connectivity index (χ1n) is 19.0. The maximum absolute atomic E-state index is 11.5. The monoisotopic (exact) mass is 760 g/mol. The molecule has 8 atom stereocenters. The number of nitrogens with two attached hydrogens (primary N) is 1. The molecule has 1 rings (SSSR count). The van der Waals surface area contributed by atoms with Crippen LogP contribution < -0.4 is 10.5 Å². The van der Waals surface area contributed by atoms with E-state index in [1.807, 2.05) is 42.5 Å². The molecule has 0 aliphatic heterocycles. The van der Waals surface area contributed by atoms with Crippen LogP contribution >= 0.6 is 0 Å². The summed E-state index contributed by atoms with van der Waals surface area (Å²) in [4.78, 5) is 8.78. The Hall–Kier alpha value is -2.44. The Kier molecular flexibility index (Phi) is 21.0. The minimum absolute atomic E-state index is 0.00764. The predicted molar refractivity (Wildman–Crippen MR) is 227 cm³/mol. The van der Waals surface area contributed by atoms with E-state index in [1.165, 1.54) is 5.57 Å². The maximum Gasteiger partial charge on any atom is 0.402 e. The number of carboxylic acid groups (broad SMARTS) is 1. The molecule has 7 nitrogen and oxygen atoms in total.